The van der Waals surface area contributed by atoms with Crippen LogP contribution in [0.25, 0.3) is 76.9 Å². The molecule has 3 nitrogen and oxygen atoms in total. The van der Waals surface area contributed by atoms with E-state index in [-0.39, 0.29) is 0 Å². The molecule has 0 spiro atoms. The highest BCUT2D eigenvalue weighted by atomic mass is 16.3. The minimum atomic E-state index is 0.848. The molecule has 230 valence electrons. The summed E-state index contributed by atoms with van der Waals surface area (Å²) in [6.45, 7) is 0. The van der Waals surface area contributed by atoms with Crippen LogP contribution in [0.2, 0.25) is 0 Å². The molecule has 0 fully saturated rings. The van der Waals surface area contributed by atoms with Gasteiger partial charge in [0.25, 0.3) is 0 Å². The second-order valence-electron chi connectivity index (χ2n) is 12.5. The van der Waals surface area contributed by atoms with Crippen molar-refractivity contribution >= 4 is 71.7 Å². The quantitative estimate of drug-likeness (QED) is 0.190. The van der Waals surface area contributed by atoms with Gasteiger partial charge in [0.1, 0.15) is 16.7 Å². The number of fused-ring (bicyclic) bond motifs is 7. The van der Waals surface area contributed by atoms with Crippen LogP contribution in [0, 0.1) is 0 Å². The van der Waals surface area contributed by atoms with Gasteiger partial charge in [0.15, 0.2) is 5.58 Å². The smallest absolute Gasteiger partial charge is 0.159 e. The third kappa shape index (κ3) is 4.51. The average molecular weight is 628 g/mol. The summed E-state index contributed by atoms with van der Waals surface area (Å²) in [5.74, 6) is 0. The first-order valence-electron chi connectivity index (χ1n) is 16.6. The van der Waals surface area contributed by atoms with E-state index >= 15 is 0 Å². The number of furan rings is 2. The molecule has 0 saturated heterocycles. The van der Waals surface area contributed by atoms with E-state index in [1.54, 1.807) is 0 Å². The van der Waals surface area contributed by atoms with E-state index in [0.29, 0.717) is 0 Å². The van der Waals surface area contributed by atoms with Crippen molar-refractivity contribution in [3.8, 4) is 22.3 Å². The van der Waals surface area contributed by atoms with E-state index in [2.05, 4.69) is 150 Å². The van der Waals surface area contributed by atoms with E-state index in [9.17, 15) is 0 Å². The molecule has 10 rings (SSSR count). The highest BCUT2D eigenvalue weighted by molar-refractivity contribution is 6.16. The Labute approximate surface area is 282 Å². The Bertz CT molecular complexity index is 2840. The Balaban J connectivity index is 1.13. The van der Waals surface area contributed by atoms with Crippen LogP contribution in [-0.2, 0) is 0 Å². The molecule has 0 radical (unpaired) electrons. The lowest BCUT2D eigenvalue weighted by molar-refractivity contribution is 0.668. The molecule has 0 unspecified atom stereocenters. The SMILES string of the molecule is c1cc(-c2ccc(N(c3cccc4c3oc3ccccc34)c3cccc4oc5ccccc5c34)cc2)cc(-c2ccc3ccccc3c2)c1. The normalized spacial score (nSPS) is 11.7. The number of anilines is 3. The molecule has 8 aromatic carbocycles. The monoisotopic (exact) mass is 627 g/mol. The molecule has 2 heterocycles. The third-order valence-corrected chi connectivity index (χ3v) is 9.65. The second-order valence-corrected chi connectivity index (χ2v) is 12.5. The molecule has 0 saturated carbocycles. The number of benzene rings is 8. The van der Waals surface area contributed by atoms with Crippen molar-refractivity contribution in [1.82, 2.24) is 0 Å². The van der Waals surface area contributed by atoms with Crippen LogP contribution in [0.3, 0.4) is 0 Å². The molecule has 0 aliphatic rings. The Morgan fingerprint density at radius 1 is 0.347 bits per heavy atom. The van der Waals surface area contributed by atoms with Gasteiger partial charge in [0.2, 0.25) is 0 Å². The summed E-state index contributed by atoms with van der Waals surface area (Å²) in [7, 11) is 0. The fraction of sp³-hybridized carbons (Fsp3) is 0. The molecule has 10 aromatic rings. The van der Waals surface area contributed by atoms with Gasteiger partial charge in [0, 0.05) is 21.8 Å². The molecule has 0 aliphatic carbocycles. The second kappa shape index (κ2) is 11.0. The van der Waals surface area contributed by atoms with Gasteiger partial charge in [-0.15, -0.1) is 0 Å². The predicted molar refractivity (Wildman–Crippen MR) is 204 cm³/mol. The van der Waals surface area contributed by atoms with Gasteiger partial charge in [-0.1, -0.05) is 121 Å². The Morgan fingerprint density at radius 2 is 0.939 bits per heavy atom. The van der Waals surface area contributed by atoms with E-state index < -0.39 is 0 Å². The Hall–Kier alpha value is -6.58. The van der Waals surface area contributed by atoms with Crippen molar-refractivity contribution in [2.75, 3.05) is 4.90 Å². The van der Waals surface area contributed by atoms with Crippen LogP contribution in [0.4, 0.5) is 17.1 Å². The first kappa shape index (κ1) is 27.5. The van der Waals surface area contributed by atoms with Gasteiger partial charge in [-0.3, -0.25) is 0 Å². The number of rotatable bonds is 5. The fourth-order valence-corrected chi connectivity index (χ4v) is 7.31. The van der Waals surface area contributed by atoms with Crippen LogP contribution in [0.15, 0.2) is 185 Å². The molecule has 0 amide bonds. The van der Waals surface area contributed by atoms with Crippen molar-refractivity contribution in [1.29, 1.82) is 0 Å². The summed E-state index contributed by atoms with van der Waals surface area (Å²) in [5, 5.41) is 6.84. The summed E-state index contributed by atoms with van der Waals surface area (Å²) in [5.41, 5.74) is 11.2. The first-order valence-corrected chi connectivity index (χ1v) is 16.6. The van der Waals surface area contributed by atoms with Crippen molar-refractivity contribution in [3.05, 3.63) is 176 Å². The molecule has 3 heteroatoms. The van der Waals surface area contributed by atoms with E-state index in [1.807, 2.05) is 30.3 Å². The van der Waals surface area contributed by atoms with Gasteiger partial charge in [0.05, 0.1) is 16.8 Å². The van der Waals surface area contributed by atoms with Crippen LogP contribution < -0.4 is 4.90 Å². The number of para-hydroxylation sites is 3. The van der Waals surface area contributed by atoms with Gasteiger partial charge in [-0.2, -0.15) is 0 Å². The maximum absolute atomic E-state index is 6.60. The van der Waals surface area contributed by atoms with Crippen molar-refractivity contribution in [2.24, 2.45) is 0 Å². The molecule has 0 aliphatic heterocycles. The lowest BCUT2D eigenvalue weighted by atomic mass is 9.97. The largest absolute Gasteiger partial charge is 0.456 e. The van der Waals surface area contributed by atoms with Gasteiger partial charge in [-0.25, -0.2) is 0 Å². The highest BCUT2D eigenvalue weighted by Crippen LogP contribution is 2.46. The molecule has 0 atom stereocenters. The maximum Gasteiger partial charge on any atom is 0.159 e. The number of nitrogens with zero attached hydrogens (tertiary/aromatic N) is 1. The number of hydrogen-bond donors (Lipinski definition) is 0. The molecule has 0 bridgehead atoms. The van der Waals surface area contributed by atoms with Crippen molar-refractivity contribution in [2.45, 2.75) is 0 Å². The van der Waals surface area contributed by atoms with Crippen molar-refractivity contribution < 1.29 is 8.83 Å². The highest BCUT2D eigenvalue weighted by Gasteiger charge is 2.23. The van der Waals surface area contributed by atoms with Gasteiger partial charge < -0.3 is 13.7 Å². The van der Waals surface area contributed by atoms with E-state index in [4.69, 9.17) is 8.83 Å². The zero-order valence-electron chi connectivity index (χ0n) is 26.5. The van der Waals surface area contributed by atoms with Crippen LogP contribution in [0.1, 0.15) is 0 Å². The minimum Gasteiger partial charge on any atom is -0.456 e. The summed E-state index contributed by atoms with van der Waals surface area (Å²) >= 11 is 0. The molecular weight excluding hydrogens is 599 g/mol. The summed E-state index contributed by atoms with van der Waals surface area (Å²) < 4.78 is 12.9. The van der Waals surface area contributed by atoms with E-state index in [1.165, 1.54) is 27.5 Å². The predicted octanol–water partition coefficient (Wildman–Crippen LogP) is 13.4. The van der Waals surface area contributed by atoms with Crippen LogP contribution >= 0.6 is 0 Å². The Kier molecular flexibility index (Phi) is 6.18. The van der Waals surface area contributed by atoms with Gasteiger partial charge >= 0.3 is 0 Å². The fourth-order valence-electron chi connectivity index (χ4n) is 7.31. The van der Waals surface area contributed by atoms with Crippen LogP contribution in [0.5, 0.6) is 0 Å². The average Bonchev–Trinajstić information content (AvgIpc) is 3.75. The minimum absolute atomic E-state index is 0.848. The molecule has 2 aromatic heterocycles. The summed E-state index contributed by atoms with van der Waals surface area (Å²) in [4.78, 5) is 2.31. The Morgan fingerprint density at radius 3 is 1.80 bits per heavy atom. The zero-order valence-corrected chi connectivity index (χ0v) is 26.5. The molecule has 49 heavy (non-hydrogen) atoms. The first-order chi connectivity index (χ1) is 24.3. The van der Waals surface area contributed by atoms with Crippen LogP contribution in [-0.4, -0.2) is 0 Å². The molecular formula is C46H29NO2. The standard InChI is InChI=1S/C46H29NO2/c1-2-11-32-29-35(23-22-30(32)10-1)34-13-7-12-33(28-34)31-24-26-36(27-25-31)47(40-17-9-21-44-45(40)39-15-4-6-20-43(39)48-44)41-18-8-16-38-37-14-3-5-19-42(37)49-46(38)41/h1-29H. The van der Waals surface area contributed by atoms with E-state index in [0.717, 1.165) is 66.5 Å². The lowest BCUT2D eigenvalue weighted by Gasteiger charge is -2.26. The summed E-state index contributed by atoms with van der Waals surface area (Å²) in [6, 6.07) is 62.0. The van der Waals surface area contributed by atoms with Gasteiger partial charge in [-0.05, 0) is 87.6 Å². The topological polar surface area (TPSA) is 29.5 Å². The summed E-state index contributed by atoms with van der Waals surface area (Å²) in [6.07, 6.45) is 0. The van der Waals surface area contributed by atoms with Crippen molar-refractivity contribution in [3.63, 3.8) is 0 Å². The zero-order chi connectivity index (χ0) is 32.3. The number of hydrogen-bond acceptors (Lipinski definition) is 3. The maximum atomic E-state index is 6.60. The third-order valence-electron chi connectivity index (χ3n) is 9.65. The molecule has 0 N–H and O–H groups in total. The lowest BCUT2D eigenvalue weighted by Crippen LogP contribution is -2.10.